The average molecular weight is 370 g/mol. The highest BCUT2D eigenvalue weighted by atomic mass is 32.2. The van der Waals surface area contributed by atoms with E-state index in [-0.39, 0.29) is 36.8 Å². The van der Waals surface area contributed by atoms with Crippen LogP contribution in [-0.2, 0) is 10.0 Å². The zero-order valence-electron chi connectivity index (χ0n) is 13.2. The minimum absolute atomic E-state index is 0.0168. The van der Waals surface area contributed by atoms with Gasteiger partial charge in [0.05, 0.1) is 11.8 Å². The van der Waals surface area contributed by atoms with Crippen molar-refractivity contribution in [1.29, 1.82) is 0 Å². The molecule has 0 spiro atoms. The summed E-state index contributed by atoms with van der Waals surface area (Å²) in [5.74, 6) is -2.28. The van der Waals surface area contributed by atoms with E-state index in [1.807, 2.05) is 0 Å². The molecular weight excluding hydrogens is 354 g/mol. The van der Waals surface area contributed by atoms with Crippen molar-refractivity contribution in [2.45, 2.75) is 11.4 Å². The summed E-state index contributed by atoms with van der Waals surface area (Å²) in [6, 6.07) is 4.12. The second kappa shape index (κ2) is 6.89. The number of hydrogen-bond donors (Lipinski definition) is 1. The number of rotatable bonds is 3. The van der Waals surface area contributed by atoms with Gasteiger partial charge in [-0.25, -0.2) is 17.2 Å². The summed E-state index contributed by atoms with van der Waals surface area (Å²) >= 11 is 0. The molecule has 134 valence electrons. The van der Waals surface area contributed by atoms with E-state index in [9.17, 15) is 22.0 Å². The summed E-state index contributed by atoms with van der Waals surface area (Å²) in [6.45, 7) is 0.709. The summed E-state index contributed by atoms with van der Waals surface area (Å²) in [4.78, 5) is 13.8. The van der Waals surface area contributed by atoms with E-state index >= 15 is 0 Å². The minimum Gasteiger partial charge on any atom is -0.337 e. The molecule has 0 saturated carbocycles. The van der Waals surface area contributed by atoms with Gasteiger partial charge in [0, 0.05) is 32.2 Å². The Morgan fingerprint density at radius 2 is 1.92 bits per heavy atom. The maximum absolute atomic E-state index is 13.8. The van der Waals surface area contributed by atoms with E-state index in [4.69, 9.17) is 0 Å². The average Bonchev–Trinajstić information content (AvgIpc) is 2.99. The second-order valence-corrected chi connectivity index (χ2v) is 7.50. The molecular formula is C15H16F2N4O3S. The number of amides is 1. The van der Waals surface area contributed by atoms with Gasteiger partial charge in [0.15, 0.2) is 5.03 Å². The Bertz CT molecular complexity index is 871. The van der Waals surface area contributed by atoms with Crippen LogP contribution in [0.15, 0.2) is 35.5 Å². The van der Waals surface area contributed by atoms with Crippen LogP contribution in [0.2, 0.25) is 0 Å². The van der Waals surface area contributed by atoms with Crippen molar-refractivity contribution in [3.63, 3.8) is 0 Å². The number of H-pyrrole nitrogens is 1. The molecule has 0 aliphatic carbocycles. The molecule has 2 heterocycles. The molecule has 10 heteroatoms. The van der Waals surface area contributed by atoms with Crippen LogP contribution in [0.3, 0.4) is 0 Å². The lowest BCUT2D eigenvalue weighted by atomic mass is 10.1. The molecule has 1 aromatic carbocycles. The molecule has 1 N–H and O–H groups in total. The fraction of sp³-hybridized carbons (Fsp3) is 0.333. The first-order chi connectivity index (χ1) is 11.9. The normalized spacial score (nSPS) is 16.6. The number of sulfonamides is 1. The molecule has 1 aromatic heterocycles. The predicted octanol–water partition coefficient (Wildman–Crippen LogP) is 1.22. The third kappa shape index (κ3) is 3.54. The lowest BCUT2D eigenvalue weighted by Crippen LogP contribution is -2.37. The molecule has 1 aliphatic heterocycles. The highest BCUT2D eigenvalue weighted by molar-refractivity contribution is 7.89. The summed E-state index contributed by atoms with van der Waals surface area (Å²) < 4.78 is 53.0. The SMILES string of the molecule is O=C(c1ccc(F)cc1F)N1CCCN(S(=O)(=O)c2ccn[nH]2)CC1. The first kappa shape index (κ1) is 17.5. The Morgan fingerprint density at radius 3 is 2.60 bits per heavy atom. The summed E-state index contributed by atoms with van der Waals surface area (Å²) in [6.07, 6.45) is 1.75. The van der Waals surface area contributed by atoms with E-state index in [0.717, 1.165) is 12.1 Å². The minimum atomic E-state index is -3.72. The number of benzene rings is 1. The Labute approximate surface area is 143 Å². The Hall–Kier alpha value is -2.33. The highest BCUT2D eigenvalue weighted by Gasteiger charge is 2.30. The van der Waals surface area contributed by atoms with Gasteiger partial charge in [0.1, 0.15) is 11.6 Å². The third-order valence-corrected chi connectivity index (χ3v) is 5.82. The van der Waals surface area contributed by atoms with Crippen LogP contribution in [0.25, 0.3) is 0 Å². The molecule has 1 saturated heterocycles. The quantitative estimate of drug-likeness (QED) is 0.880. The lowest BCUT2D eigenvalue weighted by Gasteiger charge is -2.21. The standard InChI is InChI=1S/C15H16F2N4O3S/c16-11-2-3-12(13(17)10-11)15(22)20-6-1-7-21(9-8-20)25(23,24)14-4-5-18-19-14/h2-5,10H,1,6-9H2,(H,18,19). The van der Waals surface area contributed by atoms with Crippen molar-refractivity contribution in [1.82, 2.24) is 19.4 Å². The largest absolute Gasteiger partial charge is 0.337 e. The molecule has 3 rings (SSSR count). The van der Waals surface area contributed by atoms with Gasteiger partial charge in [-0.1, -0.05) is 0 Å². The first-order valence-electron chi connectivity index (χ1n) is 7.63. The zero-order chi connectivity index (χ0) is 18.0. The van der Waals surface area contributed by atoms with Crippen LogP contribution < -0.4 is 0 Å². The van der Waals surface area contributed by atoms with Gasteiger partial charge in [-0.05, 0) is 24.6 Å². The number of carbonyl (C=O) groups excluding carboxylic acids is 1. The lowest BCUT2D eigenvalue weighted by molar-refractivity contribution is 0.0759. The third-order valence-electron chi connectivity index (χ3n) is 4.00. The first-order valence-corrected chi connectivity index (χ1v) is 9.07. The Morgan fingerprint density at radius 1 is 1.12 bits per heavy atom. The van der Waals surface area contributed by atoms with Crippen molar-refractivity contribution in [2.24, 2.45) is 0 Å². The molecule has 1 fully saturated rings. The smallest absolute Gasteiger partial charge is 0.260 e. The van der Waals surface area contributed by atoms with Gasteiger partial charge in [0.2, 0.25) is 0 Å². The van der Waals surface area contributed by atoms with Gasteiger partial charge in [-0.2, -0.15) is 9.40 Å². The fourth-order valence-corrected chi connectivity index (χ4v) is 4.07. The van der Waals surface area contributed by atoms with Gasteiger partial charge in [-0.3, -0.25) is 9.89 Å². The van der Waals surface area contributed by atoms with Crippen LogP contribution in [0.5, 0.6) is 0 Å². The number of carbonyl (C=O) groups is 1. The van der Waals surface area contributed by atoms with Crippen molar-refractivity contribution < 1.29 is 22.0 Å². The number of aromatic amines is 1. The molecule has 25 heavy (non-hydrogen) atoms. The van der Waals surface area contributed by atoms with Crippen molar-refractivity contribution in [3.05, 3.63) is 47.7 Å². The molecule has 0 bridgehead atoms. The number of nitrogens with zero attached hydrogens (tertiary/aromatic N) is 3. The van der Waals surface area contributed by atoms with Gasteiger partial charge >= 0.3 is 0 Å². The van der Waals surface area contributed by atoms with Gasteiger partial charge in [-0.15, -0.1) is 0 Å². The molecule has 1 aliphatic rings. The Balaban J connectivity index is 1.74. The monoisotopic (exact) mass is 370 g/mol. The maximum atomic E-state index is 13.8. The van der Waals surface area contributed by atoms with Crippen LogP contribution in [0.4, 0.5) is 8.78 Å². The van der Waals surface area contributed by atoms with Crippen molar-refractivity contribution >= 4 is 15.9 Å². The van der Waals surface area contributed by atoms with E-state index in [1.165, 1.54) is 21.5 Å². The summed E-state index contributed by atoms with van der Waals surface area (Å²) in [5, 5.41) is 6.04. The second-order valence-electron chi connectivity index (χ2n) is 5.59. The highest BCUT2D eigenvalue weighted by Crippen LogP contribution is 2.18. The van der Waals surface area contributed by atoms with E-state index in [0.29, 0.717) is 12.5 Å². The van der Waals surface area contributed by atoms with E-state index < -0.39 is 27.6 Å². The van der Waals surface area contributed by atoms with Crippen LogP contribution in [0.1, 0.15) is 16.8 Å². The molecule has 0 radical (unpaired) electrons. The molecule has 2 aromatic rings. The summed E-state index contributed by atoms with van der Waals surface area (Å²) in [7, 11) is -3.72. The van der Waals surface area contributed by atoms with Gasteiger partial charge in [0.25, 0.3) is 15.9 Å². The molecule has 7 nitrogen and oxygen atoms in total. The molecule has 0 atom stereocenters. The number of aromatic nitrogens is 2. The molecule has 0 unspecified atom stereocenters. The van der Waals surface area contributed by atoms with Gasteiger partial charge < -0.3 is 4.90 Å². The van der Waals surface area contributed by atoms with Crippen LogP contribution in [0, 0.1) is 11.6 Å². The maximum Gasteiger partial charge on any atom is 0.260 e. The predicted molar refractivity (Wildman–Crippen MR) is 84.2 cm³/mol. The van der Waals surface area contributed by atoms with E-state index in [1.54, 1.807) is 0 Å². The van der Waals surface area contributed by atoms with Crippen molar-refractivity contribution in [2.75, 3.05) is 26.2 Å². The van der Waals surface area contributed by atoms with E-state index in [2.05, 4.69) is 10.2 Å². The van der Waals surface area contributed by atoms with Crippen LogP contribution in [-0.4, -0.2) is 59.9 Å². The molecule has 1 amide bonds. The summed E-state index contributed by atoms with van der Waals surface area (Å²) in [5.41, 5.74) is -0.230. The topological polar surface area (TPSA) is 86.4 Å². The fourth-order valence-electron chi connectivity index (χ4n) is 2.70. The number of nitrogens with one attached hydrogen (secondary N) is 1. The number of hydrogen-bond acceptors (Lipinski definition) is 4. The zero-order valence-corrected chi connectivity index (χ0v) is 14.0. The van der Waals surface area contributed by atoms with Crippen molar-refractivity contribution in [3.8, 4) is 0 Å². The number of halogens is 2. The Kier molecular flexibility index (Phi) is 4.82. The van der Waals surface area contributed by atoms with Crippen LogP contribution >= 0.6 is 0 Å².